The maximum atomic E-state index is 13.0. The summed E-state index contributed by atoms with van der Waals surface area (Å²) in [6, 6.07) is 19.1. The number of hydrogen-bond acceptors (Lipinski definition) is 1. The Morgan fingerprint density at radius 3 is 2.59 bits per heavy atom. The number of anilines is 1. The summed E-state index contributed by atoms with van der Waals surface area (Å²) in [5.41, 5.74) is 3.62. The molecule has 0 spiro atoms. The van der Waals surface area contributed by atoms with Gasteiger partial charge in [-0.1, -0.05) is 48.5 Å². The molecule has 1 saturated heterocycles. The second kappa shape index (κ2) is 5.48. The number of nitrogens with zero attached hydrogens (tertiary/aromatic N) is 2. The van der Waals surface area contributed by atoms with E-state index in [4.69, 9.17) is 0 Å². The SMILES string of the molecule is O=C(N1CCc2ccccc21)N1CCCC1c1ccccc1. The van der Waals surface area contributed by atoms with Crippen LogP contribution in [0.2, 0.25) is 0 Å². The number of fused-ring (bicyclic) bond motifs is 1. The van der Waals surface area contributed by atoms with Crippen molar-refractivity contribution in [2.24, 2.45) is 0 Å². The van der Waals surface area contributed by atoms with Crippen LogP contribution in [0.5, 0.6) is 0 Å². The highest BCUT2D eigenvalue weighted by molar-refractivity contribution is 5.94. The van der Waals surface area contributed by atoms with Crippen LogP contribution in [0.25, 0.3) is 0 Å². The molecule has 0 saturated carbocycles. The predicted octanol–water partition coefficient (Wildman–Crippen LogP) is 4.01. The van der Waals surface area contributed by atoms with Crippen LogP contribution >= 0.6 is 0 Å². The van der Waals surface area contributed by atoms with Crippen molar-refractivity contribution < 1.29 is 4.79 Å². The van der Waals surface area contributed by atoms with Gasteiger partial charge in [-0.3, -0.25) is 4.90 Å². The predicted molar refractivity (Wildman–Crippen MR) is 88.0 cm³/mol. The molecule has 3 nitrogen and oxygen atoms in total. The molecule has 0 aliphatic carbocycles. The zero-order valence-electron chi connectivity index (χ0n) is 12.6. The first-order valence-electron chi connectivity index (χ1n) is 8.05. The molecule has 2 aliphatic rings. The third kappa shape index (κ3) is 2.17. The molecule has 0 aromatic heterocycles. The van der Waals surface area contributed by atoms with Crippen molar-refractivity contribution in [1.29, 1.82) is 0 Å². The lowest BCUT2D eigenvalue weighted by molar-refractivity contribution is 0.200. The Labute approximate surface area is 131 Å². The third-order valence-electron chi connectivity index (χ3n) is 4.80. The molecule has 4 rings (SSSR count). The molecule has 0 radical (unpaired) electrons. The molecule has 2 aromatic rings. The van der Waals surface area contributed by atoms with Gasteiger partial charge in [-0.2, -0.15) is 0 Å². The number of urea groups is 1. The van der Waals surface area contributed by atoms with Crippen LogP contribution in [-0.2, 0) is 6.42 Å². The number of amides is 2. The van der Waals surface area contributed by atoms with Crippen molar-refractivity contribution in [1.82, 2.24) is 4.90 Å². The summed E-state index contributed by atoms with van der Waals surface area (Å²) in [6.45, 7) is 1.66. The normalized spacial score (nSPS) is 20.3. The summed E-state index contributed by atoms with van der Waals surface area (Å²) in [5, 5.41) is 0. The van der Waals surface area contributed by atoms with Gasteiger partial charge in [0.2, 0.25) is 0 Å². The first kappa shape index (κ1) is 13.4. The van der Waals surface area contributed by atoms with Gasteiger partial charge in [0.25, 0.3) is 0 Å². The lowest BCUT2D eigenvalue weighted by Gasteiger charge is -2.30. The van der Waals surface area contributed by atoms with Crippen molar-refractivity contribution in [2.45, 2.75) is 25.3 Å². The van der Waals surface area contributed by atoms with Gasteiger partial charge in [-0.05, 0) is 36.5 Å². The van der Waals surface area contributed by atoms with E-state index in [-0.39, 0.29) is 12.1 Å². The topological polar surface area (TPSA) is 23.6 Å². The molecular weight excluding hydrogens is 272 g/mol. The smallest absolute Gasteiger partial charge is 0.317 e. The summed E-state index contributed by atoms with van der Waals surface area (Å²) >= 11 is 0. The van der Waals surface area contributed by atoms with Crippen molar-refractivity contribution in [3.8, 4) is 0 Å². The Kier molecular flexibility index (Phi) is 3.34. The molecular formula is C19H20N2O. The highest BCUT2D eigenvalue weighted by atomic mass is 16.2. The number of para-hydroxylation sites is 1. The average Bonchev–Trinajstić information content (AvgIpc) is 3.22. The fourth-order valence-corrected chi connectivity index (χ4v) is 3.71. The molecule has 2 aromatic carbocycles. The Morgan fingerprint density at radius 2 is 1.73 bits per heavy atom. The summed E-state index contributed by atoms with van der Waals surface area (Å²) in [7, 11) is 0. The van der Waals surface area contributed by atoms with Gasteiger partial charge in [-0.15, -0.1) is 0 Å². The fraction of sp³-hybridized carbons (Fsp3) is 0.316. The fourth-order valence-electron chi connectivity index (χ4n) is 3.71. The average molecular weight is 292 g/mol. The van der Waals surface area contributed by atoms with E-state index in [2.05, 4.69) is 47.4 Å². The summed E-state index contributed by atoms with van der Waals surface area (Å²) in [5.74, 6) is 0. The van der Waals surface area contributed by atoms with Crippen LogP contribution in [0.1, 0.15) is 30.0 Å². The van der Waals surface area contributed by atoms with Crippen LogP contribution in [0.4, 0.5) is 10.5 Å². The quantitative estimate of drug-likeness (QED) is 0.779. The van der Waals surface area contributed by atoms with Gasteiger partial charge < -0.3 is 4.90 Å². The van der Waals surface area contributed by atoms with Gasteiger partial charge in [0.05, 0.1) is 6.04 Å². The molecule has 1 unspecified atom stereocenters. The number of carbonyl (C=O) groups is 1. The standard InChI is InChI=1S/C19H20N2O/c22-19(21-14-12-16-9-4-5-10-17(16)21)20-13-6-11-18(20)15-7-2-1-3-8-15/h1-5,7-10,18H,6,11-14H2. The zero-order valence-corrected chi connectivity index (χ0v) is 12.6. The number of carbonyl (C=O) groups excluding carboxylic acids is 1. The molecule has 112 valence electrons. The Hall–Kier alpha value is -2.29. The Bertz CT molecular complexity index is 683. The van der Waals surface area contributed by atoms with E-state index in [0.717, 1.165) is 38.0 Å². The van der Waals surface area contributed by atoms with Gasteiger partial charge in [0.1, 0.15) is 0 Å². The minimum atomic E-state index is 0.163. The molecule has 2 amide bonds. The van der Waals surface area contributed by atoms with E-state index in [1.807, 2.05) is 17.0 Å². The number of benzene rings is 2. The lowest BCUT2D eigenvalue weighted by Crippen LogP contribution is -2.42. The van der Waals surface area contributed by atoms with E-state index in [1.165, 1.54) is 11.1 Å². The van der Waals surface area contributed by atoms with E-state index >= 15 is 0 Å². The first-order valence-corrected chi connectivity index (χ1v) is 8.05. The largest absolute Gasteiger partial charge is 0.325 e. The van der Waals surface area contributed by atoms with E-state index in [0.29, 0.717) is 0 Å². The third-order valence-corrected chi connectivity index (χ3v) is 4.80. The Morgan fingerprint density at radius 1 is 0.955 bits per heavy atom. The minimum Gasteiger partial charge on any atom is -0.317 e. The maximum Gasteiger partial charge on any atom is 0.325 e. The summed E-state index contributed by atoms with van der Waals surface area (Å²) in [6.07, 6.45) is 3.11. The molecule has 2 aliphatic heterocycles. The van der Waals surface area contributed by atoms with E-state index < -0.39 is 0 Å². The molecule has 3 heteroatoms. The number of likely N-dealkylation sites (tertiary alicyclic amines) is 1. The zero-order chi connectivity index (χ0) is 14.9. The van der Waals surface area contributed by atoms with Gasteiger partial charge in [0, 0.05) is 18.8 Å². The molecule has 1 fully saturated rings. The van der Waals surface area contributed by atoms with Crippen LogP contribution in [0.15, 0.2) is 54.6 Å². The minimum absolute atomic E-state index is 0.163. The van der Waals surface area contributed by atoms with Crippen LogP contribution in [0, 0.1) is 0 Å². The molecule has 0 bridgehead atoms. The first-order chi connectivity index (χ1) is 10.8. The molecule has 0 N–H and O–H groups in total. The lowest BCUT2D eigenvalue weighted by atomic mass is 10.1. The van der Waals surface area contributed by atoms with Gasteiger partial charge in [0.15, 0.2) is 0 Å². The van der Waals surface area contributed by atoms with Crippen LogP contribution < -0.4 is 4.90 Å². The monoisotopic (exact) mass is 292 g/mol. The summed E-state index contributed by atoms with van der Waals surface area (Å²) < 4.78 is 0. The molecule has 1 atom stereocenters. The van der Waals surface area contributed by atoms with Gasteiger partial charge in [-0.25, -0.2) is 4.79 Å². The van der Waals surface area contributed by atoms with Crippen LogP contribution in [-0.4, -0.2) is 24.0 Å². The highest BCUT2D eigenvalue weighted by Gasteiger charge is 2.35. The molecule has 2 heterocycles. The van der Waals surface area contributed by atoms with Crippen molar-refractivity contribution >= 4 is 11.7 Å². The maximum absolute atomic E-state index is 13.0. The van der Waals surface area contributed by atoms with Crippen molar-refractivity contribution in [3.63, 3.8) is 0 Å². The second-order valence-corrected chi connectivity index (χ2v) is 6.08. The number of rotatable bonds is 1. The number of hydrogen-bond donors (Lipinski definition) is 0. The molecule has 22 heavy (non-hydrogen) atoms. The van der Waals surface area contributed by atoms with Gasteiger partial charge >= 0.3 is 6.03 Å². The van der Waals surface area contributed by atoms with E-state index in [9.17, 15) is 4.79 Å². The van der Waals surface area contributed by atoms with Crippen molar-refractivity contribution in [2.75, 3.05) is 18.0 Å². The van der Waals surface area contributed by atoms with Crippen LogP contribution in [0.3, 0.4) is 0 Å². The van der Waals surface area contributed by atoms with Crippen molar-refractivity contribution in [3.05, 3.63) is 65.7 Å². The second-order valence-electron chi connectivity index (χ2n) is 6.08. The highest BCUT2D eigenvalue weighted by Crippen LogP contribution is 2.35. The Balaban J connectivity index is 1.60. The van der Waals surface area contributed by atoms with E-state index in [1.54, 1.807) is 0 Å². The summed E-state index contributed by atoms with van der Waals surface area (Å²) in [4.78, 5) is 17.1.